The molecule has 1 aromatic rings. The number of ether oxygens (including phenoxy) is 1. The fourth-order valence-corrected chi connectivity index (χ4v) is 3.73. The summed E-state index contributed by atoms with van der Waals surface area (Å²) in [5.74, 6) is 1.36. The number of hydrogen-bond acceptors (Lipinski definition) is 2. The summed E-state index contributed by atoms with van der Waals surface area (Å²) in [6, 6.07) is 6.02. The molecule has 1 heterocycles. The van der Waals surface area contributed by atoms with E-state index in [0.717, 1.165) is 26.3 Å². The second-order valence-corrected chi connectivity index (χ2v) is 5.99. The first-order valence-electron chi connectivity index (χ1n) is 6.44. The Hall–Kier alpha value is -0.280. The van der Waals surface area contributed by atoms with Gasteiger partial charge in [0.05, 0.1) is 16.7 Å². The van der Waals surface area contributed by atoms with Gasteiger partial charge in [0.15, 0.2) is 0 Å². The zero-order chi connectivity index (χ0) is 12.8. The number of fused-ring (bicyclic) bond motifs is 1. The van der Waals surface area contributed by atoms with Crippen molar-refractivity contribution in [3.63, 3.8) is 0 Å². The van der Waals surface area contributed by atoms with Crippen molar-refractivity contribution in [1.29, 1.82) is 0 Å². The van der Waals surface area contributed by atoms with E-state index in [2.05, 4.69) is 11.4 Å². The molecule has 18 heavy (non-hydrogen) atoms. The third-order valence-electron chi connectivity index (χ3n) is 4.43. The lowest BCUT2D eigenvalue weighted by molar-refractivity contribution is 0.114. The van der Waals surface area contributed by atoms with Gasteiger partial charge in [0.2, 0.25) is 0 Å². The van der Waals surface area contributed by atoms with E-state index >= 15 is 0 Å². The second-order valence-electron chi connectivity index (χ2n) is 5.18. The Morgan fingerprint density at radius 2 is 2.00 bits per heavy atom. The van der Waals surface area contributed by atoms with Gasteiger partial charge in [-0.15, -0.1) is 0 Å². The summed E-state index contributed by atoms with van der Waals surface area (Å²) in [6.07, 6.45) is 0. The van der Waals surface area contributed by atoms with E-state index in [-0.39, 0.29) is 5.41 Å². The van der Waals surface area contributed by atoms with Crippen molar-refractivity contribution >= 4 is 23.2 Å². The number of piperidine rings is 1. The molecule has 1 N–H and O–H groups in total. The largest absolute Gasteiger partial charge is 0.381 e. The zero-order valence-electron chi connectivity index (χ0n) is 10.4. The zero-order valence-corrected chi connectivity index (χ0v) is 11.9. The van der Waals surface area contributed by atoms with Gasteiger partial charge in [0.1, 0.15) is 0 Å². The van der Waals surface area contributed by atoms with Gasteiger partial charge in [0.25, 0.3) is 0 Å². The topological polar surface area (TPSA) is 21.3 Å². The molecule has 3 rings (SSSR count). The van der Waals surface area contributed by atoms with Gasteiger partial charge >= 0.3 is 0 Å². The number of halogens is 2. The number of hydrogen-bond donors (Lipinski definition) is 1. The van der Waals surface area contributed by atoms with Crippen LogP contribution in [-0.4, -0.2) is 26.3 Å². The Morgan fingerprint density at radius 1 is 1.28 bits per heavy atom. The maximum absolute atomic E-state index is 6.15. The predicted octanol–water partition coefficient (Wildman–Crippen LogP) is 3.12. The molecule has 1 saturated carbocycles. The number of benzene rings is 1. The average Bonchev–Trinajstić information content (AvgIpc) is 2.74. The summed E-state index contributed by atoms with van der Waals surface area (Å²) in [6.45, 7) is 5.75. The fraction of sp³-hybridized carbons (Fsp3) is 0.571. The van der Waals surface area contributed by atoms with Crippen LogP contribution in [-0.2, 0) is 10.2 Å². The van der Waals surface area contributed by atoms with E-state index in [9.17, 15) is 0 Å². The van der Waals surface area contributed by atoms with Crippen LogP contribution in [0, 0.1) is 11.8 Å². The number of nitrogens with one attached hydrogen (secondary N) is 1. The van der Waals surface area contributed by atoms with Crippen LogP contribution in [0.3, 0.4) is 0 Å². The molecule has 0 bridgehead atoms. The van der Waals surface area contributed by atoms with Gasteiger partial charge in [0, 0.05) is 12.0 Å². The summed E-state index contributed by atoms with van der Waals surface area (Å²) < 4.78 is 5.72. The minimum absolute atomic E-state index is 0.162. The third kappa shape index (κ3) is 1.78. The molecule has 1 aliphatic heterocycles. The lowest BCUT2D eigenvalue weighted by atomic mass is 9.91. The lowest BCUT2D eigenvalue weighted by Crippen LogP contribution is -2.29. The summed E-state index contributed by atoms with van der Waals surface area (Å²) >= 11 is 12.2. The number of rotatable bonds is 4. The maximum atomic E-state index is 6.15. The molecule has 98 valence electrons. The third-order valence-corrected chi connectivity index (χ3v) is 5.17. The first kappa shape index (κ1) is 12.7. The van der Waals surface area contributed by atoms with Crippen LogP contribution in [0.25, 0.3) is 0 Å². The summed E-state index contributed by atoms with van der Waals surface area (Å²) in [7, 11) is 0. The van der Waals surface area contributed by atoms with Crippen molar-refractivity contribution in [3.8, 4) is 0 Å². The van der Waals surface area contributed by atoms with E-state index in [1.54, 1.807) is 0 Å². The lowest BCUT2D eigenvalue weighted by Gasteiger charge is -2.22. The van der Waals surface area contributed by atoms with Gasteiger partial charge in [-0.25, -0.2) is 0 Å². The Morgan fingerprint density at radius 3 is 2.61 bits per heavy atom. The van der Waals surface area contributed by atoms with E-state index in [1.165, 1.54) is 5.56 Å². The molecule has 2 nitrogen and oxygen atoms in total. The highest BCUT2D eigenvalue weighted by Crippen LogP contribution is 2.62. The van der Waals surface area contributed by atoms with E-state index in [0.29, 0.717) is 21.9 Å². The first-order chi connectivity index (χ1) is 8.70. The van der Waals surface area contributed by atoms with Crippen LogP contribution < -0.4 is 5.32 Å². The molecule has 2 aliphatic rings. The molecule has 0 radical (unpaired) electrons. The molecule has 0 amide bonds. The SMILES string of the molecule is CCOC[C@@]1(c2ccc(Cl)c(Cl)c2)[C@@H]2CNC[C@@H]21. The van der Waals surface area contributed by atoms with Gasteiger partial charge in [-0.2, -0.15) is 0 Å². The van der Waals surface area contributed by atoms with Crippen LogP contribution in [0.15, 0.2) is 18.2 Å². The highest BCUT2D eigenvalue weighted by atomic mass is 35.5. The molecule has 2 fully saturated rings. The monoisotopic (exact) mass is 285 g/mol. The minimum Gasteiger partial charge on any atom is -0.381 e. The van der Waals surface area contributed by atoms with Gasteiger partial charge in [-0.3, -0.25) is 0 Å². The molecule has 3 atom stereocenters. The van der Waals surface area contributed by atoms with Gasteiger partial charge in [-0.1, -0.05) is 29.3 Å². The van der Waals surface area contributed by atoms with Gasteiger partial charge in [-0.05, 0) is 49.5 Å². The molecular weight excluding hydrogens is 269 g/mol. The second kappa shape index (κ2) is 4.68. The molecular formula is C14H17Cl2NO. The average molecular weight is 286 g/mol. The highest BCUT2D eigenvalue weighted by Gasteiger charge is 2.67. The summed E-state index contributed by atoms with van der Waals surface area (Å²) in [5.41, 5.74) is 1.44. The summed E-state index contributed by atoms with van der Waals surface area (Å²) in [4.78, 5) is 0. The first-order valence-corrected chi connectivity index (χ1v) is 7.19. The van der Waals surface area contributed by atoms with Crippen LogP contribution in [0.2, 0.25) is 10.0 Å². The van der Waals surface area contributed by atoms with Gasteiger partial charge < -0.3 is 10.1 Å². The van der Waals surface area contributed by atoms with E-state index < -0.39 is 0 Å². The van der Waals surface area contributed by atoms with E-state index in [1.807, 2.05) is 19.1 Å². The Kier molecular flexibility index (Phi) is 3.31. The van der Waals surface area contributed by atoms with Crippen molar-refractivity contribution in [2.45, 2.75) is 12.3 Å². The molecule has 0 spiro atoms. The molecule has 4 heteroatoms. The van der Waals surface area contributed by atoms with Crippen molar-refractivity contribution < 1.29 is 4.74 Å². The minimum atomic E-state index is 0.162. The normalized spacial score (nSPS) is 33.5. The van der Waals surface area contributed by atoms with Crippen LogP contribution in [0.5, 0.6) is 0 Å². The quantitative estimate of drug-likeness (QED) is 0.918. The molecule has 1 saturated heterocycles. The Labute approximate surface area is 118 Å². The van der Waals surface area contributed by atoms with Crippen LogP contribution >= 0.6 is 23.2 Å². The van der Waals surface area contributed by atoms with Crippen molar-refractivity contribution in [3.05, 3.63) is 33.8 Å². The Balaban J connectivity index is 1.92. The molecule has 0 aromatic heterocycles. The maximum Gasteiger partial charge on any atom is 0.0595 e. The smallest absolute Gasteiger partial charge is 0.0595 e. The van der Waals surface area contributed by atoms with Crippen molar-refractivity contribution in [2.75, 3.05) is 26.3 Å². The van der Waals surface area contributed by atoms with Crippen LogP contribution in [0.1, 0.15) is 12.5 Å². The van der Waals surface area contributed by atoms with Crippen molar-refractivity contribution in [1.82, 2.24) is 5.32 Å². The fourth-order valence-electron chi connectivity index (χ4n) is 3.43. The highest BCUT2D eigenvalue weighted by molar-refractivity contribution is 6.42. The molecule has 1 aliphatic carbocycles. The standard InChI is InChI=1S/C14H17Cl2NO/c1-2-18-8-14(10-6-17-7-11(10)14)9-3-4-12(15)13(16)5-9/h3-5,10-11,17H,2,6-8H2,1H3/t10-,11+,14-. The molecule has 1 aromatic carbocycles. The van der Waals surface area contributed by atoms with E-state index in [4.69, 9.17) is 27.9 Å². The summed E-state index contributed by atoms with van der Waals surface area (Å²) in [5, 5.41) is 4.70. The molecule has 0 unspecified atom stereocenters. The van der Waals surface area contributed by atoms with Crippen molar-refractivity contribution in [2.24, 2.45) is 11.8 Å². The van der Waals surface area contributed by atoms with Crippen LogP contribution in [0.4, 0.5) is 0 Å². The predicted molar refractivity (Wildman–Crippen MR) is 74.5 cm³/mol. The Bertz CT molecular complexity index is 453.